The standard InChI is InChI=1S/C18H14N2O2/c1-22-13-7-8-15-14(11-13)17(16(21)9-10-19)18(20-15)12-5-3-2-4-6-12/h2-8,11,20H,9H2,1H3. The maximum Gasteiger partial charge on any atom is 0.179 e. The normalized spacial score (nSPS) is 10.4. The van der Waals surface area contributed by atoms with Crippen molar-refractivity contribution in [2.45, 2.75) is 6.42 Å². The van der Waals surface area contributed by atoms with Gasteiger partial charge in [0.05, 0.1) is 30.9 Å². The number of benzene rings is 2. The number of carbonyl (C=O) groups excluding carboxylic acids is 1. The van der Waals surface area contributed by atoms with Crippen molar-refractivity contribution in [3.8, 4) is 23.1 Å². The number of rotatable bonds is 4. The number of ether oxygens (including phenoxy) is 1. The number of nitrogens with one attached hydrogen (secondary N) is 1. The summed E-state index contributed by atoms with van der Waals surface area (Å²) >= 11 is 0. The summed E-state index contributed by atoms with van der Waals surface area (Å²) in [5.74, 6) is 0.484. The number of hydrogen-bond donors (Lipinski definition) is 1. The summed E-state index contributed by atoms with van der Waals surface area (Å²) in [5, 5.41) is 9.64. The van der Waals surface area contributed by atoms with E-state index in [9.17, 15) is 4.79 Å². The maximum atomic E-state index is 12.4. The van der Waals surface area contributed by atoms with E-state index in [0.717, 1.165) is 22.2 Å². The molecule has 0 fully saturated rings. The predicted octanol–water partition coefficient (Wildman–Crippen LogP) is 3.94. The van der Waals surface area contributed by atoms with E-state index in [1.165, 1.54) is 0 Å². The zero-order chi connectivity index (χ0) is 15.5. The van der Waals surface area contributed by atoms with Gasteiger partial charge in [-0.2, -0.15) is 5.26 Å². The van der Waals surface area contributed by atoms with E-state index in [4.69, 9.17) is 10.00 Å². The van der Waals surface area contributed by atoms with Crippen molar-refractivity contribution in [2.75, 3.05) is 7.11 Å². The Labute approximate surface area is 128 Å². The highest BCUT2D eigenvalue weighted by Gasteiger charge is 2.19. The molecule has 0 aliphatic heterocycles. The number of carbonyl (C=O) groups is 1. The first-order chi connectivity index (χ1) is 10.7. The first-order valence-corrected chi connectivity index (χ1v) is 6.90. The van der Waals surface area contributed by atoms with Crippen LogP contribution in [0.4, 0.5) is 0 Å². The lowest BCUT2D eigenvalue weighted by Crippen LogP contribution is -1.99. The third kappa shape index (κ3) is 2.33. The van der Waals surface area contributed by atoms with Crippen LogP contribution in [-0.2, 0) is 0 Å². The largest absolute Gasteiger partial charge is 0.497 e. The molecule has 0 amide bonds. The number of hydrogen-bond acceptors (Lipinski definition) is 3. The van der Waals surface area contributed by atoms with Gasteiger partial charge in [-0.1, -0.05) is 30.3 Å². The number of Topliss-reactive ketones (excluding diaryl/α,β-unsaturated/α-hetero) is 1. The Morgan fingerprint density at radius 3 is 2.68 bits per heavy atom. The first-order valence-electron chi connectivity index (χ1n) is 6.90. The van der Waals surface area contributed by atoms with Crippen molar-refractivity contribution in [2.24, 2.45) is 0 Å². The van der Waals surface area contributed by atoms with E-state index < -0.39 is 0 Å². The van der Waals surface area contributed by atoms with Gasteiger partial charge < -0.3 is 9.72 Å². The van der Waals surface area contributed by atoms with Gasteiger partial charge >= 0.3 is 0 Å². The van der Waals surface area contributed by atoms with Crippen molar-refractivity contribution in [3.63, 3.8) is 0 Å². The van der Waals surface area contributed by atoms with Crippen LogP contribution in [0.1, 0.15) is 16.8 Å². The second-order valence-electron chi connectivity index (χ2n) is 4.91. The summed E-state index contributed by atoms with van der Waals surface area (Å²) in [4.78, 5) is 15.7. The summed E-state index contributed by atoms with van der Waals surface area (Å²) in [5.41, 5.74) is 3.05. The predicted molar refractivity (Wildman–Crippen MR) is 84.8 cm³/mol. The van der Waals surface area contributed by atoms with E-state index in [2.05, 4.69) is 4.98 Å². The van der Waals surface area contributed by atoms with Crippen molar-refractivity contribution in [1.29, 1.82) is 5.26 Å². The van der Waals surface area contributed by atoms with Crippen LogP contribution in [0.15, 0.2) is 48.5 Å². The molecule has 108 valence electrons. The Hall–Kier alpha value is -3.06. The highest BCUT2D eigenvalue weighted by atomic mass is 16.5. The van der Waals surface area contributed by atoms with E-state index in [0.29, 0.717) is 11.3 Å². The topological polar surface area (TPSA) is 65.9 Å². The van der Waals surface area contributed by atoms with E-state index >= 15 is 0 Å². The van der Waals surface area contributed by atoms with Crippen LogP contribution < -0.4 is 4.74 Å². The van der Waals surface area contributed by atoms with Gasteiger partial charge in [-0.25, -0.2) is 0 Å². The van der Waals surface area contributed by atoms with Crippen molar-refractivity contribution in [1.82, 2.24) is 4.98 Å². The van der Waals surface area contributed by atoms with Crippen LogP contribution in [0.5, 0.6) is 5.75 Å². The first kappa shape index (κ1) is 13.9. The fourth-order valence-corrected chi connectivity index (χ4v) is 2.57. The van der Waals surface area contributed by atoms with Gasteiger partial charge in [-0.05, 0) is 23.8 Å². The lowest BCUT2D eigenvalue weighted by Gasteiger charge is -2.03. The highest BCUT2D eigenvalue weighted by molar-refractivity contribution is 6.14. The molecule has 1 heterocycles. The number of fused-ring (bicyclic) bond motifs is 1. The third-order valence-electron chi connectivity index (χ3n) is 3.59. The minimum atomic E-state index is -0.194. The zero-order valence-corrected chi connectivity index (χ0v) is 12.1. The molecule has 0 aliphatic carbocycles. The summed E-state index contributed by atoms with van der Waals surface area (Å²) < 4.78 is 5.24. The van der Waals surface area contributed by atoms with Gasteiger partial charge in [-0.3, -0.25) is 4.79 Å². The van der Waals surface area contributed by atoms with Crippen LogP contribution in [0.25, 0.3) is 22.2 Å². The quantitative estimate of drug-likeness (QED) is 0.740. The second kappa shape index (κ2) is 5.74. The Bertz CT molecular complexity index is 873. The molecule has 0 atom stereocenters. The molecule has 22 heavy (non-hydrogen) atoms. The Kier molecular flexibility index (Phi) is 3.63. The Balaban J connectivity index is 2.29. The van der Waals surface area contributed by atoms with Gasteiger partial charge in [-0.15, -0.1) is 0 Å². The fourth-order valence-electron chi connectivity index (χ4n) is 2.57. The molecule has 0 aliphatic rings. The summed E-state index contributed by atoms with van der Waals surface area (Å²) in [7, 11) is 1.59. The molecule has 2 aromatic carbocycles. The lowest BCUT2D eigenvalue weighted by molar-refractivity contribution is 0.1000. The Morgan fingerprint density at radius 2 is 2.00 bits per heavy atom. The number of aromatic amines is 1. The minimum Gasteiger partial charge on any atom is -0.497 e. The molecule has 4 nitrogen and oxygen atoms in total. The molecule has 1 N–H and O–H groups in total. The Morgan fingerprint density at radius 1 is 1.23 bits per heavy atom. The third-order valence-corrected chi connectivity index (χ3v) is 3.59. The highest BCUT2D eigenvalue weighted by Crippen LogP contribution is 2.33. The fraction of sp³-hybridized carbons (Fsp3) is 0.111. The average Bonchev–Trinajstić information content (AvgIpc) is 2.94. The molecule has 0 saturated carbocycles. The molecule has 0 saturated heterocycles. The molecule has 3 aromatic rings. The smallest absolute Gasteiger partial charge is 0.179 e. The maximum absolute atomic E-state index is 12.4. The monoisotopic (exact) mass is 290 g/mol. The molecule has 0 spiro atoms. The number of ketones is 1. The summed E-state index contributed by atoms with van der Waals surface area (Å²) in [6.07, 6.45) is -0.149. The molecule has 0 radical (unpaired) electrons. The molecule has 3 rings (SSSR count). The van der Waals surface area contributed by atoms with Crippen molar-refractivity contribution < 1.29 is 9.53 Å². The molecular formula is C18H14N2O2. The van der Waals surface area contributed by atoms with Gasteiger partial charge in [0.15, 0.2) is 5.78 Å². The summed E-state index contributed by atoms with van der Waals surface area (Å²) in [6.45, 7) is 0. The van der Waals surface area contributed by atoms with Gasteiger partial charge in [0.1, 0.15) is 5.75 Å². The van der Waals surface area contributed by atoms with Crippen molar-refractivity contribution >= 4 is 16.7 Å². The van der Waals surface area contributed by atoms with Crippen LogP contribution >= 0.6 is 0 Å². The lowest BCUT2D eigenvalue weighted by atomic mass is 10.0. The van der Waals surface area contributed by atoms with Gasteiger partial charge in [0.2, 0.25) is 0 Å². The number of nitrogens with zero attached hydrogens (tertiary/aromatic N) is 1. The summed E-state index contributed by atoms with van der Waals surface area (Å²) in [6, 6.07) is 17.1. The van der Waals surface area contributed by atoms with Gasteiger partial charge in [0, 0.05) is 10.9 Å². The number of methoxy groups -OCH3 is 1. The second-order valence-corrected chi connectivity index (χ2v) is 4.91. The van der Waals surface area contributed by atoms with Crippen LogP contribution in [0.3, 0.4) is 0 Å². The van der Waals surface area contributed by atoms with Crippen LogP contribution in [0, 0.1) is 11.3 Å². The SMILES string of the molecule is COc1ccc2[nH]c(-c3ccccc3)c(C(=O)CC#N)c2c1. The number of nitriles is 1. The molecule has 0 bridgehead atoms. The van der Waals surface area contributed by atoms with E-state index in [1.807, 2.05) is 54.6 Å². The van der Waals surface area contributed by atoms with E-state index in [-0.39, 0.29) is 12.2 Å². The molecule has 0 unspecified atom stereocenters. The van der Waals surface area contributed by atoms with Crippen LogP contribution in [0.2, 0.25) is 0 Å². The number of H-pyrrole nitrogens is 1. The minimum absolute atomic E-state index is 0.149. The molecule has 4 heteroatoms. The zero-order valence-electron chi connectivity index (χ0n) is 12.1. The molecule has 1 aromatic heterocycles. The molecular weight excluding hydrogens is 276 g/mol. The number of aromatic nitrogens is 1. The van der Waals surface area contributed by atoms with Crippen molar-refractivity contribution in [3.05, 3.63) is 54.1 Å². The van der Waals surface area contributed by atoms with E-state index in [1.54, 1.807) is 7.11 Å². The average molecular weight is 290 g/mol. The van der Waals surface area contributed by atoms with Gasteiger partial charge in [0.25, 0.3) is 0 Å². The van der Waals surface area contributed by atoms with Crippen LogP contribution in [-0.4, -0.2) is 17.9 Å².